The van der Waals surface area contributed by atoms with Crippen LogP contribution in [0.5, 0.6) is 11.5 Å². The number of para-hydroxylation sites is 2. The first-order chi connectivity index (χ1) is 17.8. The highest BCUT2D eigenvalue weighted by Crippen LogP contribution is 2.35. The zero-order valence-electron chi connectivity index (χ0n) is 20.8. The largest absolute Gasteiger partial charge is 0.497 e. The van der Waals surface area contributed by atoms with Gasteiger partial charge >= 0.3 is 0 Å². The molecule has 10 nitrogen and oxygen atoms in total. The van der Waals surface area contributed by atoms with Crippen LogP contribution in [0, 0.1) is 5.92 Å². The number of amides is 1. The molecule has 192 valence electrons. The molecule has 11 heteroatoms. The van der Waals surface area contributed by atoms with E-state index in [0.717, 1.165) is 4.31 Å². The third-order valence-electron chi connectivity index (χ3n) is 5.41. The van der Waals surface area contributed by atoms with Gasteiger partial charge in [0.15, 0.2) is 11.6 Å². The second-order valence-corrected chi connectivity index (χ2v) is 9.23. The van der Waals surface area contributed by atoms with E-state index >= 15 is 0 Å². The lowest BCUT2D eigenvalue weighted by Crippen LogP contribution is -2.20. The number of carbonyl (C=O) groups excluding carboxylic acids is 1. The summed E-state index contributed by atoms with van der Waals surface area (Å²) in [7, 11) is -0.125. The van der Waals surface area contributed by atoms with Crippen molar-refractivity contribution >= 4 is 56.5 Å². The van der Waals surface area contributed by atoms with Crippen molar-refractivity contribution in [1.29, 1.82) is 0 Å². The Morgan fingerprint density at radius 1 is 0.865 bits per heavy atom. The van der Waals surface area contributed by atoms with Crippen molar-refractivity contribution < 1.29 is 22.7 Å². The zero-order valence-corrected chi connectivity index (χ0v) is 21.7. The molecule has 0 spiro atoms. The summed E-state index contributed by atoms with van der Waals surface area (Å²) in [6, 6.07) is 18.9. The first-order valence-electron chi connectivity index (χ1n) is 11.4. The number of fused-ring (bicyclic) bond motifs is 1. The van der Waals surface area contributed by atoms with Crippen LogP contribution in [0.15, 0.2) is 66.7 Å². The third kappa shape index (κ3) is 5.89. The Bertz CT molecular complexity index is 1490. The molecule has 0 aliphatic rings. The van der Waals surface area contributed by atoms with E-state index in [0.29, 0.717) is 33.9 Å². The summed E-state index contributed by atoms with van der Waals surface area (Å²) >= 11 is 0. The number of nitrogens with zero attached hydrogens (tertiary/aromatic N) is 3. The van der Waals surface area contributed by atoms with Gasteiger partial charge in [-0.25, -0.2) is 22.7 Å². The van der Waals surface area contributed by atoms with Crippen molar-refractivity contribution in [1.82, 2.24) is 9.97 Å². The SMILES string of the molecule is COc1cc(Nc2nc3ccccc3nc2N(c2cccc(NC(=O)C(C)C)c2)[SH](=O)=O)cc(OC)c1. The molecule has 4 aromatic rings. The van der Waals surface area contributed by atoms with E-state index in [9.17, 15) is 13.2 Å². The lowest BCUT2D eigenvalue weighted by molar-refractivity contribution is -0.118. The maximum atomic E-state index is 12.6. The van der Waals surface area contributed by atoms with Crippen molar-refractivity contribution in [2.75, 3.05) is 29.2 Å². The Kier molecular flexibility index (Phi) is 7.73. The molecular formula is C26H27N5O5S. The molecule has 0 atom stereocenters. The summed E-state index contributed by atoms with van der Waals surface area (Å²) in [5.41, 5.74) is 2.38. The molecule has 37 heavy (non-hydrogen) atoms. The average Bonchev–Trinajstić information content (AvgIpc) is 2.88. The molecule has 0 fully saturated rings. The van der Waals surface area contributed by atoms with Gasteiger partial charge in [0.25, 0.3) is 0 Å². The van der Waals surface area contributed by atoms with Crippen LogP contribution in [0.1, 0.15) is 13.8 Å². The van der Waals surface area contributed by atoms with E-state index < -0.39 is 10.9 Å². The summed E-state index contributed by atoms with van der Waals surface area (Å²) in [6.45, 7) is 3.55. The molecule has 0 saturated carbocycles. The minimum atomic E-state index is -3.20. The van der Waals surface area contributed by atoms with Gasteiger partial charge in [0.05, 0.1) is 30.9 Å². The monoisotopic (exact) mass is 521 g/mol. The van der Waals surface area contributed by atoms with Crippen molar-refractivity contribution in [2.45, 2.75) is 13.8 Å². The van der Waals surface area contributed by atoms with Crippen LogP contribution < -0.4 is 24.4 Å². The topological polar surface area (TPSA) is 123 Å². The standard InChI is InChI=1S/C26H27N5O5S/c1-16(2)26(32)28-17-8-7-9-19(12-17)31(37(33)34)25-24(29-22-10-5-6-11-23(22)30-25)27-18-13-20(35-3)15-21(14-18)36-4/h5-16,37H,1-4H3,(H,27,29)(H,28,32). The molecule has 0 bridgehead atoms. The van der Waals surface area contributed by atoms with Gasteiger partial charge in [0.2, 0.25) is 16.8 Å². The maximum absolute atomic E-state index is 12.6. The van der Waals surface area contributed by atoms with Crippen molar-refractivity contribution in [3.8, 4) is 11.5 Å². The number of carbonyl (C=O) groups is 1. The highest BCUT2D eigenvalue weighted by molar-refractivity contribution is 7.74. The minimum absolute atomic E-state index is 0.0592. The fourth-order valence-electron chi connectivity index (χ4n) is 3.53. The highest BCUT2D eigenvalue weighted by atomic mass is 32.2. The number of nitrogens with one attached hydrogen (secondary N) is 2. The van der Waals surface area contributed by atoms with Crippen molar-refractivity contribution in [3.63, 3.8) is 0 Å². The van der Waals surface area contributed by atoms with Gasteiger partial charge in [-0.1, -0.05) is 32.0 Å². The molecule has 2 N–H and O–H groups in total. The number of anilines is 5. The normalized spacial score (nSPS) is 11.0. The maximum Gasteiger partial charge on any atom is 0.230 e. The van der Waals surface area contributed by atoms with E-state index in [1.165, 1.54) is 14.2 Å². The molecule has 1 heterocycles. The lowest BCUT2D eigenvalue weighted by atomic mass is 10.2. The van der Waals surface area contributed by atoms with Crippen LogP contribution in [0.2, 0.25) is 0 Å². The van der Waals surface area contributed by atoms with Crippen molar-refractivity contribution in [3.05, 3.63) is 66.7 Å². The van der Waals surface area contributed by atoms with Gasteiger partial charge in [-0.15, -0.1) is 0 Å². The molecule has 1 amide bonds. The second kappa shape index (κ2) is 11.1. The average molecular weight is 522 g/mol. The van der Waals surface area contributed by atoms with Crippen LogP contribution in [0.25, 0.3) is 11.0 Å². The fraction of sp³-hybridized carbons (Fsp3) is 0.192. The van der Waals surface area contributed by atoms with Crippen LogP contribution in [-0.2, 0) is 15.7 Å². The van der Waals surface area contributed by atoms with E-state index in [1.807, 2.05) is 6.07 Å². The Morgan fingerprint density at radius 2 is 1.51 bits per heavy atom. The Hall–Kier alpha value is -4.38. The molecule has 3 aromatic carbocycles. The van der Waals surface area contributed by atoms with Gasteiger partial charge in [-0.05, 0) is 30.3 Å². The smallest absolute Gasteiger partial charge is 0.230 e. The van der Waals surface area contributed by atoms with Crippen LogP contribution in [0.4, 0.5) is 28.7 Å². The molecule has 1 aromatic heterocycles. The molecule has 0 aliphatic heterocycles. The molecule has 0 unspecified atom stereocenters. The molecule has 0 saturated heterocycles. The Labute approximate surface area is 216 Å². The molecular weight excluding hydrogens is 494 g/mol. The summed E-state index contributed by atoms with van der Waals surface area (Å²) in [5, 5.41) is 5.96. The molecule has 0 radical (unpaired) electrons. The number of methoxy groups -OCH3 is 2. The number of hydrogen-bond donors (Lipinski definition) is 3. The zero-order chi connectivity index (χ0) is 26.5. The predicted octanol–water partition coefficient (Wildman–Crippen LogP) is 4.65. The summed E-state index contributed by atoms with van der Waals surface area (Å²) in [4.78, 5) is 21.5. The van der Waals surface area contributed by atoms with Gasteiger partial charge in [0, 0.05) is 35.5 Å². The summed E-state index contributed by atoms with van der Waals surface area (Å²) in [5.74, 6) is 0.914. The highest BCUT2D eigenvalue weighted by Gasteiger charge is 2.21. The van der Waals surface area contributed by atoms with Crippen LogP contribution in [0.3, 0.4) is 0 Å². The van der Waals surface area contributed by atoms with Gasteiger partial charge < -0.3 is 20.1 Å². The van der Waals surface area contributed by atoms with E-state index in [-0.39, 0.29) is 29.1 Å². The van der Waals surface area contributed by atoms with Crippen molar-refractivity contribution in [2.24, 2.45) is 5.92 Å². The number of rotatable bonds is 9. The Balaban J connectivity index is 1.85. The van der Waals surface area contributed by atoms with E-state index in [4.69, 9.17) is 9.47 Å². The van der Waals surface area contributed by atoms with Gasteiger partial charge in [0.1, 0.15) is 11.5 Å². The number of ether oxygens (including phenoxy) is 2. The van der Waals surface area contributed by atoms with Crippen LogP contribution in [-0.4, -0.2) is 38.5 Å². The minimum Gasteiger partial charge on any atom is -0.497 e. The lowest BCUT2D eigenvalue weighted by Gasteiger charge is -2.21. The van der Waals surface area contributed by atoms with Gasteiger partial charge in [-0.2, -0.15) is 0 Å². The van der Waals surface area contributed by atoms with Crippen LogP contribution >= 0.6 is 0 Å². The number of aromatic nitrogens is 2. The summed E-state index contributed by atoms with van der Waals surface area (Å²) in [6.07, 6.45) is 0. The second-order valence-electron chi connectivity index (χ2n) is 8.35. The fourth-order valence-corrected chi connectivity index (χ4v) is 4.14. The third-order valence-corrected chi connectivity index (χ3v) is 6.16. The number of hydrogen-bond acceptors (Lipinski definition) is 8. The molecule has 4 rings (SSSR count). The first-order valence-corrected chi connectivity index (χ1v) is 12.5. The first kappa shape index (κ1) is 25.7. The number of benzene rings is 3. The van der Waals surface area contributed by atoms with E-state index in [2.05, 4.69) is 20.6 Å². The Morgan fingerprint density at radius 3 is 2.11 bits per heavy atom. The quantitative estimate of drug-likeness (QED) is 0.272. The number of thiol groups is 1. The van der Waals surface area contributed by atoms with E-state index in [1.54, 1.807) is 74.5 Å². The molecule has 0 aliphatic carbocycles. The summed E-state index contributed by atoms with van der Waals surface area (Å²) < 4.78 is 37.0. The van der Waals surface area contributed by atoms with Gasteiger partial charge in [-0.3, -0.25) is 4.79 Å². The predicted molar refractivity (Wildman–Crippen MR) is 145 cm³/mol.